The van der Waals surface area contributed by atoms with Crippen molar-refractivity contribution in [3.63, 3.8) is 0 Å². The van der Waals surface area contributed by atoms with Gasteiger partial charge in [-0.2, -0.15) is 0 Å². The summed E-state index contributed by atoms with van der Waals surface area (Å²) < 4.78 is 2.20. The first kappa shape index (κ1) is 15.0. The minimum absolute atomic E-state index is 0.484. The van der Waals surface area contributed by atoms with Gasteiger partial charge in [0.2, 0.25) is 0 Å². The molecule has 3 aromatic heterocycles. The van der Waals surface area contributed by atoms with E-state index in [1.54, 1.807) is 0 Å². The largest absolute Gasteiger partial charge is 0.341 e. The van der Waals surface area contributed by atoms with Crippen molar-refractivity contribution in [2.45, 2.75) is 52.4 Å². The second kappa shape index (κ2) is 5.71. The molecule has 3 heteroatoms. The SMILES string of the molecule is CCC(C)c1ccc2c(n1)c1nc(C(C)CC)ccc1n2C. The van der Waals surface area contributed by atoms with E-state index in [4.69, 9.17) is 9.97 Å². The van der Waals surface area contributed by atoms with E-state index in [1.165, 1.54) is 11.4 Å². The summed E-state index contributed by atoms with van der Waals surface area (Å²) in [5.74, 6) is 0.967. The molecule has 0 N–H and O–H groups in total. The Morgan fingerprint density at radius 2 is 1.23 bits per heavy atom. The molecule has 0 aliphatic rings. The van der Waals surface area contributed by atoms with Crippen LogP contribution in [0, 0.1) is 0 Å². The van der Waals surface area contributed by atoms with Crippen molar-refractivity contribution >= 4 is 22.1 Å². The van der Waals surface area contributed by atoms with Crippen LogP contribution in [0.5, 0.6) is 0 Å². The molecular formula is C19H25N3. The number of pyridine rings is 2. The number of aryl methyl sites for hydroxylation is 1. The molecule has 2 atom stereocenters. The molecule has 0 bridgehead atoms. The molecule has 3 nitrogen and oxygen atoms in total. The standard InChI is InChI=1S/C19H25N3/c1-6-12(3)14-8-10-16-18(20-14)19-17(22(16)5)11-9-15(21-19)13(4)7-2/h8-13H,6-7H2,1-5H3. The fraction of sp³-hybridized carbons (Fsp3) is 0.474. The Hall–Kier alpha value is -1.90. The van der Waals surface area contributed by atoms with Gasteiger partial charge in [0, 0.05) is 18.4 Å². The molecule has 0 aromatic carbocycles. The van der Waals surface area contributed by atoms with Crippen molar-refractivity contribution in [2.75, 3.05) is 0 Å². The predicted octanol–water partition coefficient (Wildman–Crippen LogP) is 5.15. The number of fused-ring (bicyclic) bond motifs is 3. The van der Waals surface area contributed by atoms with Crippen LogP contribution in [0.25, 0.3) is 22.1 Å². The molecule has 2 unspecified atom stereocenters. The van der Waals surface area contributed by atoms with E-state index in [0.29, 0.717) is 11.8 Å². The predicted molar refractivity (Wildman–Crippen MR) is 93.4 cm³/mol. The van der Waals surface area contributed by atoms with Crippen LogP contribution in [0.2, 0.25) is 0 Å². The van der Waals surface area contributed by atoms with E-state index in [1.807, 2.05) is 0 Å². The molecule has 0 radical (unpaired) electrons. The van der Waals surface area contributed by atoms with Crippen molar-refractivity contribution in [2.24, 2.45) is 7.05 Å². The summed E-state index contributed by atoms with van der Waals surface area (Å²) in [6.45, 7) is 8.88. The lowest BCUT2D eigenvalue weighted by atomic mass is 10.0. The van der Waals surface area contributed by atoms with Crippen LogP contribution in [-0.2, 0) is 7.05 Å². The summed E-state index contributed by atoms with van der Waals surface area (Å²) in [4.78, 5) is 9.88. The molecule has 0 saturated heterocycles. The van der Waals surface area contributed by atoms with E-state index in [0.717, 1.165) is 34.9 Å². The molecule has 3 aromatic rings. The smallest absolute Gasteiger partial charge is 0.115 e. The fourth-order valence-electron chi connectivity index (χ4n) is 2.92. The van der Waals surface area contributed by atoms with Crippen molar-refractivity contribution in [1.29, 1.82) is 0 Å². The zero-order valence-electron chi connectivity index (χ0n) is 14.2. The average molecular weight is 295 g/mol. The molecule has 0 aliphatic heterocycles. The highest BCUT2D eigenvalue weighted by Gasteiger charge is 2.15. The summed E-state index contributed by atoms with van der Waals surface area (Å²) in [6.07, 6.45) is 2.21. The summed E-state index contributed by atoms with van der Waals surface area (Å²) in [6, 6.07) is 8.69. The first-order valence-corrected chi connectivity index (χ1v) is 8.32. The van der Waals surface area contributed by atoms with Gasteiger partial charge in [-0.15, -0.1) is 0 Å². The molecule has 3 rings (SSSR count). The van der Waals surface area contributed by atoms with Crippen molar-refractivity contribution < 1.29 is 0 Å². The van der Waals surface area contributed by atoms with E-state index in [-0.39, 0.29) is 0 Å². The third-order valence-corrected chi connectivity index (χ3v) is 4.97. The van der Waals surface area contributed by atoms with Crippen molar-refractivity contribution in [1.82, 2.24) is 14.5 Å². The van der Waals surface area contributed by atoms with Crippen molar-refractivity contribution in [3.05, 3.63) is 35.7 Å². The molecule has 0 amide bonds. The van der Waals surface area contributed by atoms with Crippen LogP contribution in [0.1, 0.15) is 63.8 Å². The van der Waals surface area contributed by atoms with E-state index >= 15 is 0 Å². The van der Waals surface area contributed by atoms with Gasteiger partial charge in [-0.05, 0) is 48.9 Å². The summed E-state index contributed by atoms with van der Waals surface area (Å²) in [5, 5.41) is 0. The van der Waals surface area contributed by atoms with Gasteiger partial charge in [0.1, 0.15) is 11.0 Å². The highest BCUT2D eigenvalue weighted by molar-refractivity contribution is 6.03. The number of aromatic nitrogens is 3. The Bertz CT molecular complexity index is 749. The Morgan fingerprint density at radius 3 is 1.59 bits per heavy atom. The molecule has 0 saturated carbocycles. The molecular weight excluding hydrogens is 270 g/mol. The molecule has 116 valence electrons. The zero-order valence-corrected chi connectivity index (χ0v) is 14.2. The van der Waals surface area contributed by atoms with Crippen LogP contribution >= 0.6 is 0 Å². The quantitative estimate of drug-likeness (QED) is 0.666. The van der Waals surface area contributed by atoms with Crippen LogP contribution in [0.3, 0.4) is 0 Å². The second-order valence-corrected chi connectivity index (χ2v) is 6.39. The topological polar surface area (TPSA) is 30.7 Å². The van der Waals surface area contributed by atoms with Gasteiger partial charge in [-0.3, -0.25) is 0 Å². The van der Waals surface area contributed by atoms with Gasteiger partial charge in [0.15, 0.2) is 0 Å². The number of hydrogen-bond donors (Lipinski definition) is 0. The van der Waals surface area contributed by atoms with Gasteiger partial charge < -0.3 is 4.57 Å². The van der Waals surface area contributed by atoms with Gasteiger partial charge >= 0.3 is 0 Å². The van der Waals surface area contributed by atoms with Crippen LogP contribution in [-0.4, -0.2) is 14.5 Å². The fourth-order valence-corrected chi connectivity index (χ4v) is 2.92. The van der Waals surface area contributed by atoms with Gasteiger partial charge in [-0.1, -0.05) is 27.7 Å². The third-order valence-electron chi connectivity index (χ3n) is 4.97. The minimum atomic E-state index is 0.484. The Balaban J connectivity index is 2.28. The van der Waals surface area contributed by atoms with Crippen molar-refractivity contribution in [3.8, 4) is 0 Å². The second-order valence-electron chi connectivity index (χ2n) is 6.39. The summed E-state index contributed by atoms with van der Waals surface area (Å²) in [7, 11) is 2.10. The summed E-state index contributed by atoms with van der Waals surface area (Å²) in [5.41, 5.74) is 6.74. The third kappa shape index (κ3) is 2.29. The highest BCUT2D eigenvalue weighted by Crippen LogP contribution is 2.29. The molecule has 3 heterocycles. The lowest BCUT2D eigenvalue weighted by Crippen LogP contribution is -1.96. The Labute approximate surface area is 132 Å². The lowest BCUT2D eigenvalue weighted by Gasteiger charge is -2.08. The lowest BCUT2D eigenvalue weighted by molar-refractivity contribution is 0.710. The zero-order chi connectivity index (χ0) is 15.9. The maximum absolute atomic E-state index is 4.94. The molecule has 0 fully saturated rings. The molecule has 0 spiro atoms. The van der Waals surface area contributed by atoms with Gasteiger partial charge in [-0.25, -0.2) is 9.97 Å². The maximum Gasteiger partial charge on any atom is 0.115 e. The number of hydrogen-bond acceptors (Lipinski definition) is 2. The van der Waals surface area contributed by atoms with E-state index in [2.05, 4.69) is 63.6 Å². The minimum Gasteiger partial charge on any atom is -0.341 e. The van der Waals surface area contributed by atoms with Crippen LogP contribution in [0.15, 0.2) is 24.3 Å². The highest BCUT2D eigenvalue weighted by atomic mass is 15.0. The van der Waals surface area contributed by atoms with Gasteiger partial charge in [0.25, 0.3) is 0 Å². The first-order chi connectivity index (χ1) is 10.6. The number of rotatable bonds is 4. The number of nitrogens with zero attached hydrogens (tertiary/aromatic N) is 3. The van der Waals surface area contributed by atoms with E-state index in [9.17, 15) is 0 Å². The maximum atomic E-state index is 4.94. The monoisotopic (exact) mass is 295 g/mol. The summed E-state index contributed by atoms with van der Waals surface area (Å²) >= 11 is 0. The van der Waals surface area contributed by atoms with Crippen LogP contribution in [0.4, 0.5) is 0 Å². The molecule has 0 aliphatic carbocycles. The van der Waals surface area contributed by atoms with Crippen LogP contribution < -0.4 is 0 Å². The average Bonchev–Trinajstić information content (AvgIpc) is 2.85. The first-order valence-electron chi connectivity index (χ1n) is 8.32. The Morgan fingerprint density at radius 1 is 0.818 bits per heavy atom. The Kier molecular flexibility index (Phi) is 3.90. The van der Waals surface area contributed by atoms with Gasteiger partial charge in [0.05, 0.1) is 11.0 Å². The normalized spacial score (nSPS) is 14.6. The van der Waals surface area contributed by atoms with E-state index < -0.39 is 0 Å². The molecule has 22 heavy (non-hydrogen) atoms.